The molecule has 0 aromatic heterocycles. The van der Waals surface area contributed by atoms with Crippen molar-refractivity contribution in [2.45, 2.75) is 25.0 Å². The highest BCUT2D eigenvalue weighted by Gasteiger charge is 2.38. The van der Waals surface area contributed by atoms with Crippen LogP contribution in [0.2, 0.25) is 0 Å². The Morgan fingerprint density at radius 2 is 1.19 bits per heavy atom. The summed E-state index contributed by atoms with van der Waals surface area (Å²) >= 11 is 7.22. The molecule has 2 bridgehead atoms. The van der Waals surface area contributed by atoms with Gasteiger partial charge in [-0.05, 0) is 107 Å². The van der Waals surface area contributed by atoms with Crippen LogP contribution in [0.4, 0.5) is 17.1 Å². The highest BCUT2D eigenvalue weighted by Crippen LogP contribution is 2.52. The number of nitrogens with zero attached hydrogens (tertiary/aromatic N) is 1. The first-order valence-corrected chi connectivity index (χ1v) is 13.9. The van der Waals surface area contributed by atoms with Crippen molar-refractivity contribution in [1.82, 2.24) is 0 Å². The van der Waals surface area contributed by atoms with Gasteiger partial charge >= 0.3 is 0 Å². The first-order chi connectivity index (χ1) is 17.6. The monoisotopic (exact) mass is 595 g/mol. The van der Waals surface area contributed by atoms with Crippen molar-refractivity contribution in [3.05, 3.63) is 123 Å². The number of ether oxygens (including phenoxy) is 1. The van der Waals surface area contributed by atoms with E-state index in [1.807, 2.05) is 0 Å². The number of hydrogen-bond acceptors (Lipinski definition) is 2. The Kier molecular flexibility index (Phi) is 5.50. The van der Waals surface area contributed by atoms with Crippen LogP contribution in [0.5, 0.6) is 0 Å². The third kappa shape index (κ3) is 3.80. The summed E-state index contributed by atoms with van der Waals surface area (Å²) in [4.78, 5) is 2.36. The second-order valence-corrected chi connectivity index (χ2v) is 11.4. The van der Waals surface area contributed by atoms with Gasteiger partial charge in [-0.1, -0.05) is 68.3 Å². The second kappa shape index (κ2) is 8.88. The van der Waals surface area contributed by atoms with E-state index in [-0.39, 0.29) is 12.2 Å². The molecule has 1 fully saturated rings. The molecule has 36 heavy (non-hydrogen) atoms. The van der Waals surface area contributed by atoms with Crippen LogP contribution in [0.25, 0.3) is 21.9 Å². The van der Waals surface area contributed by atoms with Gasteiger partial charge in [0.25, 0.3) is 0 Å². The Morgan fingerprint density at radius 1 is 0.611 bits per heavy atom. The number of benzene rings is 5. The number of rotatable bonds is 4. The third-order valence-corrected chi connectivity index (χ3v) is 8.44. The zero-order chi connectivity index (χ0) is 24.2. The first-order valence-electron chi connectivity index (χ1n) is 12.3. The highest BCUT2D eigenvalue weighted by molar-refractivity contribution is 9.10. The molecule has 0 amide bonds. The van der Waals surface area contributed by atoms with E-state index in [1.54, 1.807) is 0 Å². The lowest BCUT2D eigenvalue weighted by atomic mass is 9.88. The number of fused-ring (bicyclic) bond motifs is 6. The van der Waals surface area contributed by atoms with Crippen molar-refractivity contribution in [3.63, 3.8) is 0 Å². The van der Waals surface area contributed by atoms with Gasteiger partial charge in [0, 0.05) is 25.9 Å². The average Bonchev–Trinajstić information content (AvgIpc) is 3.53. The Morgan fingerprint density at radius 3 is 1.83 bits per heavy atom. The molecule has 0 aliphatic carbocycles. The lowest BCUT2D eigenvalue weighted by molar-refractivity contribution is 0.0717. The smallest absolute Gasteiger partial charge is 0.0838 e. The van der Waals surface area contributed by atoms with Crippen LogP contribution < -0.4 is 4.90 Å². The van der Waals surface area contributed by atoms with Crippen molar-refractivity contribution in [1.29, 1.82) is 0 Å². The fraction of sp³-hybridized carbons (Fsp3) is 0.125. The minimum absolute atomic E-state index is 0.239. The van der Waals surface area contributed by atoms with Gasteiger partial charge in [-0.3, -0.25) is 0 Å². The fourth-order valence-electron chi connectivity index (χ4n) is 5.66. The number of anilines is 3. The molecule has 1 saturated heterocycles. The molecule has 0 spiro atoms. The summed E-state index contributed by atoms with van der Waals surface area (Å²) in [6.45, 7) is 0. The zero-order valence-corrected chi connectivity index (χ0v) is 22.7. The summed E-state index contributed by atoms with van der Waals surface area (Å²) in [5.74, 6) is 0. The molecular weight excluding hydrogens is 574 g/mol. The molecule has 7 rings (SSSR count). The molecule has 5 aromatic rings. The van der Waals surface area contributed by atoms with Gasteiger partial charge in [-0.25, -0.2) is 0 Å². The van der Waals surface area contributed by atoms with Crippen molar-refractivity contribution >= 4 is 59.7 Å². The summed E-state index contributed by atoms with van der Waals surface area (Å²) in [5.41, 5.74) is 8.55. The van der Waals surface area contributed by atoms with Crippen molar-refractivity contribution < 1.29 is 4.74 Å². The van der Waals surface area contributed by atoms with Crippen LogP contribution in [0, 0.1) is 0 Å². The van der Waals surface area contributed by atoms with Crippen LogP contribution in [0.1, 0.15) is 36.2 Å². The van der Waals surface area contributed by atoms with E-state index in [2.05, 4.69) is 140 Å². The third-order valence-electron chi connectivity index (χ3n) is 7.39. The van der Waals surface area contributed by atoms with Gasteiger partial charge in [0.05, 0.1) is 17.9 Å². The van der Waals surface area contributed by atoms with Crippen LogP contribution in [-0.2, 0) is 4.74 Å². The standard InChI is InChI=1S/C32H23Br2NO/c33-23-6-10-25(11-7-23)35(26-12-8-24(34)9-13-26)30-19-21-4-2-1-3-20(21)17-28(30)22-5-14-27-29(18-22)32-16-15-31(27)36-32/h1-14,17-19,31-32H,15-16H2. The van der Waals surface area contributed by atoms with E-state index in [1.165, 1.54) is 33.0 Å². The summed E-state index contributed by atoms with van der Waals surface area (Å²) < 4.78 is 8.35. The molecule has 0 radical (unpaired) electrons. The number of hydrogen-bond donors (Lipinski definition) is 0. The Balaban J connectivity index is 1.48. The van der Waals surface area contributed by atoms with Gasteiger partial charge in [-0.2, -0.15) is 0 Å². The van der Waals surface area contributed by atoms with Crippen molar-refractivity contribution in [2.75, 3.05) is 4.90 Å². The molecule has 176 valence electrons. The van der Waals surface area contributed by atoms with Gasteiger partial charge in [0.2, 0.25) is 0 Å². The van der Waals surface area contributed by atoms with E-state index in [0.717, 1.165) is 38.8 Å². The lowest BCUT2D eigenvalue weighted by Crippen LogP contribution is -2.11. The SMILES string of the molecule is Brc1ccc(N(c2ccc(Br)cc2)c2cc3ccccc3cc2-c2ccc3c(c2)C2CCC3O2)cc1. The van der Waals surface area contributed by atoms with Gasteiger partial charge < -0.3 is 9.64 Å². The van der Waals surface area contributed by atoms with E-state index < -0.39 is 0 Å². The van der Waals surface area contributed by atoms with E-state index in [9.17, 15) is 0 Å². The highest BCUT2D eigenvalue weighted by atomic mass is 79.9. The van der Waals surface area contributed by atoms with Gasteiger partial charge in [0.1, 0.15) is 0 Å². The number of halogens is 2. The molecule has 0 saturated carbocycles. The van der Waals surface area contributed by atoms with E-state index >= 15 is 0 Å². The topological polar surface area (TPSA) is 12.5 Å². The molecule has 0 N–H and O–H groups in total. The lowest BCUT2D eigenvalue weighted by Gasteiger charge is -2.29. The van der Waals surface area contributed by atoms with Crippen LogP contribution in [-0.4, -0.2) is 0 Å². The molecule has 2 nitrogen and oxygen atoms in total. The molecule has 4 heteroatoms. The molecule has 2 unspecified atom stereocenters. The molecule has 2 atom stereocenters. The molecule has 2 aliphatic heterocycles. The van der Waals surface area contributed by atoms with Crippen molar-refractivity contribution in [2.24, 2.45) is 0 Å². The van der Waals surface area contributed by atoms with E-state index in [0.29, 0.717) is 0 Å². The van der Waals surface area contributed by atoms with E-state index in [4.69, 9.17) is 4.74 Å². The Hall–Kier alpha value is -2.92. The minimum Gasteiger partial charge on any atom is -0.366 e. The normalized spacial score (nSPS) is 17.9. The first kappa shape index (κ1) is 22.3. The maximum absolute atomic E-state index is 6.22. The van der Waals surface area contributed by atoms with Crippen LogP contribution in [0.3, 0.4) is 0 Å². The summed E-state index contributed by atoms with van der Waals surface area (Å²) in [7, 11) is 0. The average molecular weight is 597 g/mol. The summed E-state index contributed by atoms with van der Waals surface area (Å²) in [5, 5.41) is 2.46. The summed E-state index contributed by atoms with van der Waals surface area (Å²) in [6.07, 6.45) is 2.77. The molecule has 5 aromatic carbocycles. The maximum atomic E-state index is 6.22. The Labute approximate surface area is 227 Å². The predicted octanol–water partition coefficient (Wildman–Crippen LogP) is 10.4. The molecule has 2 aliphatic rings. The largest absolute Gasteiger partial charge is 0.366 e. The zero-order valence-electron chi connectivity index (χ0n) is 19.5. The minimum atomic E-state index is 0.239. The van der Waals surface area contributed by atoms with Gasteiger partial charge in [-0.15, -0.1) is 0 Å². The van der Waals surface area contributed by atoms with Crippen LogP contribution >= 0.6 is 31.9 Å². The fourth-order valence-corrected chi connectivity index (χ4v) is 6.19. The Bertz CT molecular complexity index is 1550. The van der Waals surface area contributed by atoms with Crippen molar-refractivity contribution in [3.8, 4) is 11.1 Å². The quantitative estimate of drug-likeness (QED) is 0.204. The van der Waals surface area contributed by atoms with Gasteiger partial charge in [0.15, 0.2) is 0 Å². The second-order valence-electron chi connectivity index (χ2n) is 9.54. The van der Waals surface area contributed by atoms with Crippen LogP contribution in [0.15, 0.2) is 112 Å². The summed E-state index contributed by atoms with van der Waals surface area (Å²) in [6, 6.07) is 37.3. The molecule has 2 heterocycles. The predicted molar refractivity (Wildman–Crippen MR) is 155 cm³/mol. The maximum Gasteiger partial charge on any atom is 0.0838 e. The molecular formula is C32H23Br2NO.